The summed E-state index contributed by atoms with van der Waals surface area (Å²) in [6, 6.07) is 8.29. The molecule has 0 fully saturated rings. The van der Waals surface area contributed by atoms with Gasteiger partial charge in [-0.1, -0.05) is 12.1 Å². The van der Waals surface area contributed by atoms with Gasteiger partial charge in [0.1, 0.15) is 0 Å². The van der Waals surface area contributed by atoms with Gasteiger partial charge in [0.25, 0.3) is 0 Å². The second kappa shape index (κ2) is 10.4. The van der Waals surface area contributed by atoms with Gasteiger partial charge in [0, 0.05) is 39.1 Å². The summed E-state index contributed by atoms with van der Waals surface area (Å²) in [5.74, 6) is -0.852. The lowest BCUT2D eigenvalue weighted by Crippen LogP contribution is -2.39. The minimum Gasteiger partial charge on any atom is -0.357 e. The van der Waals surface area contributed by atoms with Crippen LogP contribution < -0.4 is 5.32 Å². The van der Waals surface area contributed by atoms with E-state index in [-0.39, 0.29) is 24.0 Å². The third-order valence-electron chi connectivity index (χ3n) is 3.82. The first-order chi connectivity index (χ1) is 11.5. The Hall–Kier alpha value is -1.64. The van der Waals surface area contributed by atoms with Gasteiger partial charge in [0.15, 0.2) is 17.6 Å². The van der Waals surface area contributed by atoms with Crippen LogP contribution in [0.1, 0.15) is 18.2 Å². The van der Waals surface area contributed by atoms with E-state index >= 15 is 0 Å². The van der Waals surface area contributed by atoms with E-state index in [9.17, 15) is 8.78 Å². The van der Waals surface area contributed by atoms with Crippen LogP contribution in [0, 0.1) is 11.6 Å². The molecule has 0 aliphatic carbocycles. The molecule has 0 unspecified atom stereocenters. The minimum atomic E-state index is -0.816. The molecule has 0 saturated carbocycles. The number of aromatic nitrogens is 1. The maximum absolute atomic E-state index is 13.7. The highest BCUT2D eigenvalue weighted by atomic mass is 127. The zero-order chi connectivity index (χ0) is 17.5. The monoisotopic (exact) mass is 462 g/mol. The van der Waals surface area contributed by atoms with Crippen LogP contribution in [0.25, 0.3) is 0 Å². The largest absolute Gasteiger partial charge is 0.357 e. The van der Waals surface area contributed by atoms with E-state index in [4.69, 9.17) is 0 Å². The summed E-state index contributed by atoms with van der Waals surface area (Å²) in [6.45, 7) is 3.84. The molecule has 0 saturated heterocycles. The number of benzene rings is 1. The summed E-state index contributed by atoms with van der Waals surface area (Å²) < 4.78 is 29.0. The van der Waals surface area contributed by atoms with Gasteiger partial charge in [-0.2, -0.15) is 0 Å². The molecule has 138 valence electrons. The Morgan fingerprint density at radius 2 is 2.00 bits per heavy atom. The summed E-state index contributed by atoms with van der Waals surface area (Å²) in [5.41, 5.74) is 1.51. The number of aliphatic imine (C=N–C) groups is 1. The SMILES string of the molecule is CCNC(=NCCc1cccc(F)c1F)N(C)Cc1cccn1C.I. The van der Waals surface area contributed by atoms with Crippen LogP contribution in [0.5, 0.6) is 0 Å². The number of guanidine groups is 1. The van der Waals surface area contributed by atoms with Crippen molar-refractivity contribution in [1.82, 2.24) is 14.8 Å². The molecule has 1 aromatic heterocycles. The molecule has 0 radical (unpaired) electrons. The molecular formula is C18H25F2IN4. The molecular weight excluding hydrogens is 437 g/mol. The Balaban J connectivity index is 0.00000312. The Labute approximate surface area is 165 Å². The van der Waals surface area contributed by atoms with Crippen LogP contribution >= 0.6 is 24.0 Å². The van der Waals surface area contributed by atoms with Crippen molar-refractivity contribution in [3.8, 4) is 0 Å². The molecule has 1 heterocycles. The van der Waals surface area contributed by atoms with E-state index in [2.05, 4.69) is 20.9 Å². The van der Waals surface area contributed by atoms with Crippen LogP contribution in [0.3, 0.4) is 0 Å². The molecule has 0 amide bonds. The number of halogens is 3. The Bertz CT molecular complexity index is 700. The van der Waals surface area contributed by atoms with Crippen molar-refractivity contribution < 1.29 is 8.78 Å². The van der Waals surface area contributed by atoms with Crippen LogP contribution in [0.4, 0.5) is 8.78 Å². The fraction of sp³-hybridized carbons (Fsp3) is 0.389. The number of hydrogen-bond donors (Lipinski definition) is 1. The summed E-state index contributed by atoms with van der Waals surface area (Å²) >= 11 is 0. The smallest absolute Gasteiger partial charge is 0.194 e. The highest BCUT2D eigenvalue weighted by Gasteiger charge is 2.10. The molecule has 0 spiro atoms. The lowest BCUT2D eigenvalue weighted by Gasteiger charge is -2.22. The van der Waals surface area contributed by atoms with Crippen molar-refractivity contribution in [2.24, 2.45) is 12.0 Å². The van der Waals surface area contributed by atoms with Gasteiger partial charge in [-0.05, 0) is 37.1 Å². The average Bonchev–Trinajstić information content (AvgIpc) is 2.95. The Kier molecular flexibility index (Phi) is 8.88. The second-order valence-corrected chi connectivity index (χ2v) is 5.67. The molecule has 4 nitrogen and oxygen atoms in total. The number of hydrogen-bond acceptors (Lipinski definition) is 1. The summed E-state index contributed by atoms with van der Waals surface area (Å²) in [7, 11) is 3.96. The average molecular weight is 462 g/mol. The molecule has 0 bridgehead atoms. The Morgan fingerprint density at radius 3 is 2.64 bits per heavy atom. The zero-order valence-electron chi connectivity index (χ0n) is 14.8. The van der Waals surface area contributed by atoms with Crippen LogP contribution in [-0.4, -0.2) is 35.6 Å². The molecule has 2 rings (SSSR count). The van der Waals surface area contributed by atoms with E-state index in [1.807, 2.05) is 38.2 Å². The van der Waals surface area contributed by atoms with Gasteiger partial charge < -0.3 is 14.8 Å². The van der Waals surface area contributed by atoms with Gasteiger partial charge in [-0.15, -0.1) is 24.0 Å². The predicted octanol–water partition coefficient (Wildman–Crippen LogP) is 3.56. The normalized spacial score (nSPS) is 11.2. The highest BCUT2D eigenvalue weighted by Crippen LogP contribution is 2.12. The number of rotatable bonds is 6. The fourth-order valence-corrected chi connectivity index (χ4v) is 2.47. The lowest BCUT2D eigenvalue weighted by atomic mass is 10.1. The van der Waals surface area contributed by atoms with Gasteiger partial charge >= 0.3 is 0 Å². The zero-order valence-corrected chi connectivity index (χ0v) is 17.1. The molecule has 7 heteroatoms. The van der Waals surface area contributed by atoms with Crippen molar-refractivity contribution in [2.75, 3.05) is 20.1 Å². The quantitative estimate of drug-likeness (QED) is 0.405. The molecule has 0 aliphatic rings. The highest BCUT2D eigenvalue weighted by molar-refractivity contribution is 14.0. The van der Waals surface area contributed by atoms with E-state index in [0.29, 0.717) is 25.1 Å². The van der Waals surface area contributed by atoms with Crippen molar-refractivity contribution in [3.05, 3.63) is 59.4 Å². The molecule has 1 N–H and O–H groups in total. The number of nitrogens with one attached hydrogen (secondary N) is 1. The van der Waals surface area contributed by atoms with Gasteiger partial charge in [0.05, 0.1) is 6.54 Å². The molecule has 25 heavy (non-hydrogen) atoms. The first-order valence-electron chi connectivity index (χ1n) is 8.05. The topological polar surface area (TPSA) is 32.6 Å². The number of nitrogens with zero attached hydrogens (tertiary/aromatic N) is 3. The van der Waals surface area contributed by atoms with Crippen molar-refractivity contribution in [3.63, 3.8) is 0 Å². The van der Waals surface area contributed by atoms with Crippen molar-refractivity contribution in [1.29, 1.82) is 0 Å². The third-order valence-corrected chi connectivity index (χ3v) is 3.82. The van der Waals surface area contributed by atoms with Gasteiger partial charge in [-0.3, -0.25) is 4.99 Å². The van der Waals surface area contributed by atoms with Crippen molar-refractivity contribution >= 4 is 29.9 Å². The summed E-state index contributed by atoms with van der Waals surface area (Å²) in [4.78, 5) is 6.54. The predicted molar refractivity (Wildman–Crippen MR) is 108 cm³/mol. The summed E-state index contributed by atoms with van der Waals surface area (Å²) in [5, 5.41) is 3.23. The standard InChI is InChI=1S/C18H24F2N4.HI/c1-4-21-18(24(3)13-15-8-6-12-23(15)2)22-11-10-14-7-5-9-16(19)17(14)20;/h5-9,12H,4,10-11,13H2,1-3H3,(H,21,22);1H. The van der Waals surface area contributed by atoms with E-state index in [0.717, 1.165) is 18.6 Å². The maximum atomic E-state index is 13.7. The van der Waals surface area contributed by atoms with Crippen LogP contribution in [-0.2, 0) is 20.0 Å². The van der Waals surface area contributed by atoms with E-state index < -0.39 is 11.6 Å². The molecule has 1 aromatic carbocycles. The van der Waals surface area contributed by atoms with Gasteiger partial charge in [-0.25, -0.2) is 8.78 Å². The fourth-order valence-electron chi connectivity index (χ4n) is 2.47. The van der Waals surface area contributed by atoms with E-state index in [1.54, 1.807) is 6.07 Å². The van der Waals surface area contributed by atoms with Crippen molar-refractivity contribution in [2.45, 2.75) is 19.9 Å². The lowest BCUT2D eigenvalue weighted by molar-refractivity contribution is 0.461. The first kappa shape index (κ1) is 21.4. The van der Waals surface area contributed by atoms with Crippen LogP contribution in [0.2, 0.25) is 0 Å². The first-order valence-corrected chi connectivity index (χ1v) is 8.05. The molecule has 0 atom stereocenters. The van der Waals surface area contributed by atoms with E-state index in [1.165, 1.54) is 11.8 Å². The minimum absolute atomic E-state index is 0. The maximum Gasteiger partial charge on any atom is 0.194 e. The van der Waals surface area contributed by atoms with Crippen LogP contribution in [0.15, 0.2) is 41.5 Å². The number of aryl methyl sites for hydroxylation is 1. The molecule has 2 aromatic rings. The third kappa shape index (κ3) is 5.98. The van der Waals surface area contributed by atoms with Gasteiger partial charge in [0.2, 0.25) is 0 Å². The Morgan fingerprint density at radius 1 is 1.24 bits per heavy atom. The summed E-state index contributed by atoms with van der Waals surface area (Å²) in [6.07, 6.45) is 2.36. The molecule has 0 aliphatic heterocycles. The second-order valence-electron chi connectivity index (χ2n) is 5.67.